The van der Waals surface area contributed by atoms with Crippen molar-refractivity contribution in [2.45, 2.75) is 13.8 Å². The zero-order chi connectivity index (χ0) is 6.57. The fourth-order valence-corrected chi connectivity index (χ4v) is 1.15. The van der Waals surface area contributed by atoms with Gasteiger partial charge in [-0.05, 0) is 33.2 Å². The SMILES string of the molecule is CC(=C/I)/C(C)=C\I. The second kappa shape index (κ2) is 4.78. The van der Waals surface area contributed by atoms with E-state index in [1.54, 1.807) is 0 Å². The minimum Gasteiger partial charge on any atom is -0.0527 e. The highest BCUT2D eigenvalue weighted by atomic mass is 127. The highest BCUT2D eigenvalue weighted by molar-refractivity contribution is 14.1. The predicted octanol–water partition coefficient (Wildman–Crippen LogP) is 3.66. The van der Waals surface area contributed by atoms with Crippen LogP contribution in [0.15, 0.2) is 19.3 Å². The Labute approximate surface area is 77.7 Å². The molecule has 0 aromatic rings. The van der Waals surface area contributed by atoms with E-state index in [0.717, 1.165) is 0 Å². The summed E-state index contributed by atoms with van der Waals surface area (Å²) in [5.74, 6) is 0. The summed E-state index contributed by atoms with van der Waals surface area (Å²) in [5.41, 5.74) is 2.69. The number of rotatable bonds is 1. The van der Waals surface area contributed by atoms with E-state index in [2.05, 4.69) is 67.2 Å². The van der Waals surface area contributed by atoms with E-state index in [1.807, 2.05) is 0 Å². The molecule has 8 heavy (non-hydrogen) atoms. The van der Waals surface area contributed by atoms with Gasteiger partial charge in [0.15, 0.2) is 0 Å². The maximum absolute atomic E-state index is 2.25. The summed E-state index contributed by atoms with van der Waals surface area (Å²) in [6.45, 7) is 4.22. The summed E-state index contributed by atoms with van der Waals surface area (Å²) in [7, 11) is 0. The molecule has 46 valence electrons. The van der Waals surface area contributed by atoms with E-state index in [0.29, 0.717) is 0 Å². The lowest BCUT2D eigenvalue weighted by atomic mass is 10.2. The number of hydrogen-bond acceptors (Lipinski definition) is 0. The molecule has 0 radical (unpaired) electrons. The van der Waals surface area contributed by atoms with E-state index in [4.69, 9.17) is 0 Å². The number of hydrogen-bond donors (Lipinski definition) is 0. The summed E-state index contributed by atoms with van der Waals surface area (Å²) in [6, 6.07) is 0. The molecular weight excluding hydrogens is 326 g/mol. The molecule has 0 fully saturated rings. The topological polar surface area (TPSA) is 0 Å². The molecule has 0 amide bonds. The van der Waals surface area contributed by atoms with Crippen molar-refractivity contribution >= 4 is 45.2 Å². The lowest BCUT2D eigenvalue weighted by Gasteiger charge is -1.93. The summed E-state index contributed by atoms with van der Waals surface area (Å²) in [5, 5.41) is 0. The summed E-state index contributed by atoms with van der Waals surface area (Å²) in [6.07, 6.45) is 0. The molecule has 2 heteroatoms. The van der Waals surface area contributed by atoms with E-state index in [-0.39, 0.29) is 0 Å². The van der Waals surface area contributed by atoms with Gasteiger partial charge >= 0.3 is 0 Å². The molecular formula is C6H8I2. The van der Waals surface area contributed by atoms with Gasteiger partial charge in [0.05, 0.1) is 0 Å². The van der Waals surface area contributed by atoms with Crippen molar-refractivity contribution in [1.82, 2.24) is 0 Å². The van der Waals surface area contributed by atoms with Crippen LogP contribution in [0.25, 0.3) is 0 Å². The Bertz CT molecular complexity index is 106. The average Bonchev–Trinajstić information content (AvgIpc) is 1.84. The van der Waals surface area contributed by atoms with Gasteiger partial charge < -0.3 is 0 Å². The molecule has 0 aliphatic rings. The molecule has 0 aliphatic carbocycles. The van der Waals surface area contributed by atoms with Crippen LogP contribution in [0.3, 0.4) is 0 Å². The van der Waals surface area contributed by atoms with E-state index in [9.17, 15) is 0 Å². The monoisotopic (exact) mass is 334 g/mol. The molecule has 0 aliphatic heterocycles. The van der Waals surface area contributed by atoms with Crippen molar-refractivity contribution in [2.24, 2.45) is 0 Å². The van der Waals surface area contributed by atoms with Crippen LogP contribution < -0.4 is 0 Å². The number of allylic oxidation sites excluding steroid dienone is 2. The Hall–Kier alpha value is 0.940. The maximum atomic E-state index is 2.25. The van der Waals surface area contributed by atoms with E-state index in [1.165, 1.54) is 11.1 Å². The molecule has 0 N–H and O–H groups in total. The van der Waals surface area contributed by atoms with Crippen molar-refractivity contribution in [2.75, 3.05) is 0 Å². The highest BCUT2D eigenvalue weighted by Crippen LogP contribution is 2.11. The largest absolute Gasteiger partial charge is 0.0527 e. The molecule has 0 aromatic heterocycles. The summed E-state index contributed by atoms with van der Waals surface area (Å²) < 4.78 is 4.17. The van der Waals surface area contributed by atoms with Gasteiger partial charge in [0, 0.05) is 0 Å². The first kappa shape index (κ1) is 8.94. The Morgan fingerprint density at radius 2 is 1.25 bits per heavy atom. The third kappa shape index (κ3) is 3.06. The van der Waals surface area contributed by atoms with Gasteiger partial charge in [0.1, 0.15) is 0 Å². The zero-order valence-corrected chi connectivity index (χ0v) is 9.23. The first-order valence-electron chi connectivity index (χ1n) is 2.26. The molecule has 0 heterocycles. The zero-order valence-electron chi connectivity index (χ0n) is 4.91. The molecule has 0 spiro atoms. The Morgan fingerprint density at radius 1 is 1.00 bits per heavy atom. The molecule has 0 saturated carbocycles. The standard InChI is InChI=1S/C6H8I2/c1-5(3-7)6(2)4-8/h3-4H,1-2H3/b5-3-,6-4-. The lowest BCUT2D eigenvalue weighted by molar-refractivity contribution is 1.38. The predicted molar refractivity (Wildman–Crippen MR) is 55.6 cm³/mol. The average molecular weight is 334 g/mol. The minimum absolute atomic E-state index is 1.35. The van der Waals surface area contributed by atoms with Crippen molar-refractivity contribution in [3.63, 3.8) is 0 Å². The fourth-order valence-electron chi connectivity index (χ4n) is 0.172. The Balaban J connectivity index is 4.04. The van der Waals surface area contributed by atoms with Crippen LogP contribution in [0.1, 0.15) is 13.8 Å². The molecule has 0 rings (SSSR count). The van der Waals surface area contributed by atoms with Crippen molar-refractivity contribution in [1.29, 1.82) is 0 Å². The van der Waals surface area contributed by atoms with Gasteiger partial charge in [-0.15, -0.1) is 0 Å². The van der Waals surface area contributed by atoms with E-state index >= 15 is 0 Å². The molecule has 0 aromatic carbocycles. The van der Waals surface area contributed by atoms with Crippen molar-refractivity contribution < 1.29 is 0 Å². The van der Waals surface area contributed by atoms with Crippen LogP contribution in [0, 0.1) is 0 Å². The first-order chi connectivity index (χ1) is 3.72. The first-order valence-corrected chi connectivity index (χ1v) is 4.76. The molecule has 0 atom stereocenters. The fraction of sp³-hybridized carbons (Fsp3) is 0.333. The minimum atomic E-state index is 1.35. The van der Waals surface area contributed by atoms with Gasteiger partial charge in [0.2, 0.25) is 0 Å². The lowest BCUT2D eigenvalue weighted by Crippen LogP contribution is -1.72. The maximum Gasteiger partial charge on any atom is -0.0202 e. The number of halogens is 2. The van der Waals surface area contributed by atoms with Crippen molar-refractivity contribution in [3.05, 3.63) is 19.3 Å². The normalized spacial score (nSPS) is 14.5. The van der Waals surface area contributed by atoms with Crippen molar-refractivity contribution in [3.8, 4) is 0 Å². The summed E-state index contributed by atoms with van der Waals surface area (Å²) in [4.78, 5) is 0. The Kier molecular flexibility index (Phi) is 5.35. The van der Waals surface area contributed by atoms with Gasteiger partial charge in [-0.1, -0.05) is 45.2 Å². The van der Waals surface area contributed by atoms with Crippen LogP contribution >= 0.6 is 45.2 Å². The highest BCUT2D eigenvalue weighted by Gasteiger charge is 1.86. The van der Waals surface area contributed by atoms with Gasteiger partial charge in [0.25, 0.3) is 0 Å². The second-order valence-electron chi connectivity index (χ2n) is 1.58. The van der Waals surface area contributed by atoms with Crippen LogP contribution in [0.4, 0.5) is 0 Å². The van der Waals surface area contributed by atoms with Crippen LogP contribution in [-0.2, 0) is 0 Å². The molecule has 0 saturated heterocycles. The van der Waals surface area contributed by atoms with Crippen LogP contribution in [-0.4, -0.2) is 0 Å². The van der Waals surface area contributed by atoms with Crippen LogP contribution in [0.5, 0.6) is 0 Å². The quantitative estimate of drug-likeness (QED) is 0.507. The third-order valence-electron chi connectivity index (χ3n) is 0.949. The van der Waals surface area contributed by atoms with Gasteiger partial charge in [-0.25, -0.2) is 0 Å². The summed E-state index contributed by atoms with van der Waals surface area (Å²) >= 11 is 4.49. The van der Waals surface area contributed by atoms with Gasteiger partial charge in [-0.2, -0.15) is 0 Å². The smallest absolute Gasteiger partial charge is 0.0202 e. The molecule has 0 unspecified atom stereocenters. The van der Waals surface area contributed by atoms with Crippen LogP contribution in [0.2, 0.25) is 0 Å². The molecule has 0 nitrogen and oxygen atoms in total. The van der Waals surface area contributed by atoms with Gasteiger partial charge in [-0.3, -0.25) is 0 Å². The second-order valence-corrected chi connectivity index (χ2v) is 2.83. The third-order valence-corrected chi connectivity index (χ3v) is 2.82. The van der Waals surface area contributed by atoms with E-state index < -0.39 is 0 Å². The Morgan fingerprint density at radius 3 is 1.38 bits per heavy atom. The molecule has 0 bridgehead atoms.